The highest BCUT2D eigenvalue weighted by molar-refractivity contribution is 9.10. The Bertz CT molecular complexity index is 2120. The van der Waals surface area contributed by atoms with Gasteiger partial charge in [-0.1, -0.05) is 69.5 Å². The van der Waals surface area contributed by atoms with E-state index < -0.39 is 52.6 Å². The maximum atomic E-state index is 15.2. The number of fused-ring (bicyclic) bond motifs is 4. The van der Waals surface area contributed by atoms with Gasteiger partial charge in [-0.25, -0.2) is 4.39 Å². The minimum Gasteiger partial charge on any atom is -0.507 e. The molecule has 1 saturated carbocycles. The van der Waals surface area contributed by atoms with Crippen molar-refractivity contribution in [3.05, 3.63) is 135 Å². The number of allylic oxidation sites excluding steroid dienone is 2. The number of benzene rings is 4. The molecule has 2 aliphatic carbocycles. The summed E-state index contributed by atoms with van der Waals surface area (Å²) in [6.45, 7) is 1.76. The zero-order valence-electron chi connectivity index (χ0n) is 26.6. The van der Waals surface area contributed by atoms with E-state index in [1.807, 2.05) is 6.08 Å². The number of carbonyl (C=O) groups is 4. The van der Waals surface area contributed by atoms with E-state index in [2.05, 4.69) is 21.4 Å². The summed E-state index contributed by atoms with van der Waals surface area (Å²) in [7, 11) is 0. The molecule has 6 atom stereocenters. The number of rotatable bonds is 5. The van der Waals surface area contributed by atoms with Gasteiger partial charge in [0.2, 0.25) is 11.8 Å². The molecule has 50 heavy (non-hydrogen) atoms. The molecule has 0 radical (unpaired) electrons. The molecule has 252 valence electrons. The summed E-state index contributed by atoms with van der Waals surface area (Å²) in [5.74, 6) is -6.21. The number of phenols is 1. The number of para-hydroxylation sites is 1. The summed E-state index contributed by atoms with van der Waals surface area (Å²) >= 11 is 9.76. The Morgan fingerprint density at radius 3 is 2.28 bits per heavy atom. The minimum atomic E-state index is -1.58. The molecule has 8 nitrogen and oxygen atoms in total. The minimum absolute atomic E-state index is 0.0243. The van der Waals surface area contributed by atoms with E-state index in [4.69, 9.17) is 11.6 Å². The van der Waals surface area contributed by atoms with Gasteiger partial charge >= 0.3 is 0 Å². The summed E-state index contributed by atoms with van der Waals surface area (Å²) < 4.78 is 14.6. The van der Waals surface area contributed by atoms with Crippen LogP contribution in [0.3, 0.4) is 0 Å². The number of hydrogen-bond acceptors (Lipinski definition) is 6. The molecule has 4 aromatic rings. The topological polar surface area (TPSA) is 107 Å². The highest BCUT2D eigenvalue weighted by Gasteiger charge is 2.70. The van der Waals surface area contributed by atoms with Crippen molar-refractivity contribution in [2.75, 3.05) is 10.3 Å². The van der Waals surface area contributed by atoms with Crippen molar-refractivity contribution in [1.82, 2.24) is 5.01 Å². The number of carbonyl (C=O) groups excluding carboxylic acids is 4. The number of anilines is 2. The van der Waals surface area contributed by atoms with E-state index in [0.717, 1.165) is 15.1 Å². The maximum Gasteiger partial charge on any atom is 0.260 e. The zero-order valence-corrected chi connectivity index (χ0v) is 29.0. The second-order valence-corrected chi connectivity index (χ2v) is 14.7. The van der Waals surface area contributed by atoms with Gasteiger partial charge in [-0.15, -0.1) is 0 Å². The summed E-state index contributed by atoms with van der Waals surface area (Å²) in [5, 5.41) is 13.1. The number of hydrazine groups is 1. The van der Waals surface area contributed by atoms with Crippen LogP contribution in [0, 0.1) is 36.4 Å². The molecule has 6 unspecified atom stereocenters. The normalized spacial score (nSPS) is 27.2. The van der Waals surface area contributed by atoms with Gasteiger partial charge in [-0.3, -0.25) is 29.5 Å². The van der Waals surface area contributed by atoms with E-state index >= 15 is 4.79 Å². The van der Waals surface area contributed by atoms with Crippen LogP contribution in [0.4, 0.5) is 15.8 Å². The van der Waals surface area contributed by atoms with Gasteiger partial charge in [-0.2, -0.15) is 5.01 Å². The van der Waals surface area contributed by atoms with E-state index in [-0.39, 0.29) is 30.4 Å². The SMILES string of the molecule is Cc1cccc(C2C3=CCC4C(=O)N(c5ccc(Br)cc5)C(=O)C4C3CC3C(=O)N(Nc4ccc(F)cc4)C(=O)C32c2ccc(Cl)cc2)c1O. The molecule has 11 heteroatoms. The van der Waals surface area contributed by atoms with E-state index in [1.54, 1.807) is 73.7 Å². The molecule has 4 amide bonds. The third-order valence-electron chi connectivity index (χ3n) is 10.9. The van der Waals surface area contributed by atoms with Gasteiger partial charge in [0.1, 0.15) is 11.6 Å². The van der Waals surface area contributed by atoms with E-state index in [9.17, 15) is 23.9 Å². The number of aromatic hydroxyl groups is 1. The van der Waals surface area contributed by atoms with Gasteiger partial charge in [0.15, 0.2) is 0 Å². The van der Waals surface area contributed by atoms with Crippen LogP contribution in [0.15, 0.2) is 107 Å². The Morgan fingerprint density at radius 2 is 1.58 bits per heavy atom. The molecule has 8 rings (SSSR count). The van der Waals surface area contributed by atoms with Crippen LogP contribution in [0.5, 0.6) is 5.75 Å². The number of nitrogens with zero attached hydrogens (tertiary/aromatic N) is 2. The van der Waals surface area contributed by atoms with Gasteiger partial charge in [0.05, 0.1) is 34.5 Å². The monoisotopic (exact) mass is 753 g/mol. The fourth-order valence-electron chi connectivity index (χ4n) is 8.76. The lowest BCUT2D eigenvalue weighted by molar-refractivity contribution is -0.138. The van der Waals surface area contributed by atoms with Crippen molar-refractivity contribution >= 4 is 62.5 Å². The third-order valence-corrected chi connectivity index (χ3v) is 11.7. The van der Waals surface area contributed by atoms with Gasteiger partial charge in [0.25, 0.3) is 11.8 Å². The number of phenolic OH excluding ortho intramolecular Hbond substituents is 1. The average Bonchev–Trinajstić information content (AvgIpc) is 3.48. The molecule has 2 saturated heterocycles. The van der Waals surface area contributed by atoms with Crippen LogP contribution in [0.2, 0.25) is 5.02 Å². The number of aryl methyl sites for hydroxylation is 1. The lowest BCUT2D eigenvalue weighted by atomic mass is 9.49. The van der Waals surface area contributed by atoms with Crippen molar-refractivity contribution < 1.29 is 28.7 Å². The highest BCUT2D eigenvalue weighted by atomic mass is 79.9. The van der Waals surface area contributed by atoms with Crippen LogP contribution < -0.4 is 10.3 Å². The third kappa shape index (κ3) is 4.68. The number of hydrogen-bond donors (Lipinski definition) is 2. The first-order chi connectivity index (χ1) is 24.0. The molecule has 0 bridgehead atoms. The Balaban J connectivity index is 1.33. The lowest BCUT2D eigenvalue weighted by Gasteiger charge is -2.50. The smallest absolute Gasteiger partial charge is 0.260 e. The molecular weight excluding hydrogens is 725 g/mol. The number of halogens is 3. The van der Waals surface area contributed by atoms with Crippen molar-refractivity contribution in [2.24, 2.45) is 23.7 Å². The van der Waals surface area contributed by atoms with Crippen LogP contribution in [0.1, 0.15) is 35.4 Å². The Kier molecular flexibility index (Phi) is 7.72. The highest BCUT2D eigenvalue weighted by Crippen LogP contribution is 2.65. The standard InChI is InChI=1S/C39H30BrClFN3O5/c1-20-3-2-4-29(34(20)46)33-27-17-18-28-32(37(49)44(35(28)47)26-15-7-22(40)8-16-26)30(27)19-31-36(48)45(43-25-13-11-24(42)12-14-25)38(50)39(31,33)21-5-9-23(41)10-6-21/h2-17,28,30-33,43,46H,18-19H2,1H3. The molecule has 0 aromatic heterocycles. The summed E-state index contributed by atoms with van der Waals surface area (Å²) in [4.78, 5) is 59.5. The molecule has 3 fully saturated rings. The van der Waals surface area contributed by atoms with Gasteiger partial charge < -0.3 is 5.11 Å². The number of nitrogens with one attached hydrogen (secondary N) is 1. The molecule has 2 aliphatic heterocycles. The predicted octanol–water partition coefficient (Wildman–Crippen LogP) is 7.45. The van der Waals surface area contributed by atoms with Gasteiger partial charge in [-0.05, 0) is 97.5 Å². The molecule has 4 aromatic carbocycles. The molecule has 0 spiro atoms. The number of imide groups is 2. The lowest BCUT2D eigenvalue weighted by Crippen LogP contribution is -2.53. The van der Waals surface area contributed by atoms with Crippen LogP contribution >= 0.6 is 27.5 Å². The average molecular weight is 755 g/mol. The van der Waals surface area contributed by atoms with E-state index in [0.29, 0.717) is 33.1 Å². The van der Waals surface area contributed by atoms with Crippen molar-refractivity contribution in [2.45, 2.75) is 31.1 Å². The van der Waals surface area contributed by atoms with Crippen molar-refractivity contribution in [3.8, 4) is 5.75 Å². The molecular formula is C39H30BrClFN3O5. The first-order valence-corrected chi connectivity index (χ1v) is 17.5. The van der Waals surface area contributed by atoms with Crippen LogP contribution in [-0.4, -0.2) is 33.7 Å². The first-order valence-electron chi connectivity index (χ1n) is 16.3. The summed E-state index contributed by atoms with van der Waals surface area (Å²) in [5.41, 5.74) is 4.39. The Morgan fingerprint density at radius 1 is 0.880 bits per heavy atom. The summed E-state index contributed by atoms with van der Waals surface area (Å²) in [6, 6.07) is 24.4. The zero-order chi connectivity index (χ0) is 35.1. The maximum absolute atomic E-state index is 15.2. The first kappa shape index (κ1) is 32.4. The molecule has 2 heterocycles. The molecule has 2 N–H and O–H groups in total. The fraction of sp³-hybridized carbons (Fsp3) is 0.231. The molecule has 4 aliphatic rings. The predicted molar refractivity (Wildman–Crippen MR) is 189 cm³/mol. The van der Waals surface area contributed by atoms with Crippen molar-refractivity contribution in [1.29, 1.82) is 0 Å². The second kappa shape index (κ2) is 11.9. The quantitative estimate of drug-likeness (QED) is 0.162. The summed E-state index contributed by atoms with van der Waals surface area (Å²) in [6.07, 6.45) is 2.28. The Hall–Kier alpha value is -4.80. The number of amides is 4. The Labute approximate surface area is 300 Å². The largest absolute Gasteiger partial charge is 0.507 e. The van der Waals surface area contributed by atoms with Crippen LogP contribution in [0.25, 0.3) is 0 Å². The fourth-order valence-corrected chi connectivity index (χ4v) is 9.15. The van der Waals surface area contributed by atoms with Crippen molar-refractivity contribution in [3.63, 3.8) is 0 Å². The van der Waals surface area contributed by atoms with Gasteiger partial charge in [0, 0.05) is 21.0 Å². The second-order valence-electron chi connectivity index (χ2n) is 13.4. The van der Waals surface area contributed by atoms with Crippen LogP contribution in [-0.2, 0) is 24.6 Å². The van der Waals surface area contributed by atoms with E-state index in [1.165, 1.54) is 29.2 Å².